The van der Waals surface area contributed by atoms with E-state index in [-0.39, 0.29) is 29.2 Å². The van der Waals surface area contributed by atoms with Crippen LogP contribution >= 0.6 is 0 Å². The second-order valence-corrected chi connectivity index (χ2v) is 6.17. The Hall–Kier alpha value is -4.02. The van der Waals surface area contributed by atoms with Crippen molar-refractivity contribution in [3.8, 4) is 11.4 Å². The Morgan fingerprint density at radius 1 is 1.20 bits per heavy atom. The van der Waals surface area contributed by atoms with Gasteiger partial charge in [-0.25, -0.2) is 18.8 Å². The van der Waals surface area contributed by atoms with Crippen LogP contribution in [0.2, 0.25) is 0 Å². The molecule has 0 atom stereocenters. The monoisotopic (exact) mass is 415 g/mol. The molecular formula is C19H18FN5O5. The van der Waals surface area contributed by atoms with Crippen LogP contribution in [0.15, 0.2) is 47.3 Å². The fraction of sp³-hybridized carbons (Fsp3) is 0.211. The smallest absolute Gasteiger partial charge is 0.377 e. The molecule has 156 valence electrons. The Morgan fingerprint density at radius 2 is 1.93 bits per heavy atom. The number of benzene rings is 2. The number of carboxylic acids is 1. The van der Waals surface area contributed by atoms with E-state index >= 15 is 0 Å². The van der Waals surface area contributed by atoms with Gasteiger partial charge in [0, 0.05) is 12.2 Å². The number of nitrogens with zero attached hydrogens (tertiary/aromatic N) is 5. The summed E-state index contributed by atoms with van der Waals surface area (Å²) < 4.78 is 20.5. The third-order valence-corrected chi connectivity index (χ3v) is 4.23. The minimum Gasteiger partial charge on any atom is -0.494 e. The fourth-order valence-electron chi connectivity index (χ4n) is 2.85. The highest BCUT2D eigenvalue weighted by Crippen LogP contribution is 2.23. The number of ether oxygens (including phenoxy) is 1. The number of anilines is 1. The van der Waals surface area contributed by atoms with Crippen molar-refractivity contribution in [2.75, 3.05) is 18.6 Å². The van der Waals surface area contributed by atoms with Gasteiger partial charge in [0.1, 0.15) is 11.4 Å². The van der Waals surface area contributed by atoms with E-state index in [1.807, 2.05) is 6.92 Å². The largest absolute Gasteiger partial charge is 0.494 e. The van der Waals surface area contributed by atoms with Crippen molar-refractivity contribution in [2.45, 2.75) is 13.3 Å². The summed E-state index contributed by atoms with van der Waals surface area (Å²) >= 11 is 0. The zero-order valence-electron chi connectivity index (χ0n) is 16.1. The van der Waals surface area contributed by atoms with E-state index in [4.69, 9.17) is 4.74 Å². The maximum absolute atomic E-state index is 14.3. The molecule has 3 rings (SSSR count). The molecule has 2 aromatic carbocycles. The molecule has 0 unspecified atom stereocenters. The summed E-state index contributed by atoms with van der Waals surface area (Å²) in [7, 11) is 1.30. The summed E-state index contributed by atoms with van der Waals surface area (Å²) in [6.45, 7) is 2.00. The van der Waals surface area contributed by atoms with E-state index in [2.05, 4.69) is 10.4 Å². The minimum absolute atomic E-state index is 0.0199. The maximum Gasteiger partial charge on any atom is 0.377 e. The molecular weight excluding hydrogens is 397 g/mol. The van der Waals surface area contributed by atoms with Crippen molar-refractivity contribution in [3.05, 3.63) is 64.3 Å². The van der Waals surface area contributed by atoms with Gasteiger partial charge in [-0.05, 0) is 47.2 Å². The molecule has 1 amide bonds. The molecule has 1 aromatic heterocycles. The number of hydrogen-bond acceptors (Lipinski definition) is 6. The van der Waals surface area contributed by atoms with Crippen LogP contribution < -0.4 is 15.3 Å². The number of aromatic carboxylic acids is 1. The Labute approximate surface area is 169 Å². The van der Waals surface area contributed by atoms with E-state index in [1.54, 1.807) is 0 Å². The standard InChI is InChI=1S/C19H18FN5O5/c1-3-10-23(13-7-4-6-12(11-13)17(26)27)18(28)25-19(29)24(21-22-25)16-14(20)8-5-9-15(16)30-2/h4-9,11H,3,10H2,1-2H3,(H,26,27). The van der Waals surface area contributed by atoms with Gasteiger partial charge in [-0.15, -0.1) is 4.68 Å². The fourth-order valence-corrected chi connectivity index (χ4v) is 2.85. The van der Waals surface area contributed by atoms with Crippen LogP contribution in [-0.4, -0.2) is 50.6 Å². The molecule has 0 aliphatic heterocycles. The van der Waals surface area contributed by atoms with Crippen LogP contribution in [0.4, 0.5) is 14.9 Å². The van der Waals surface area contributed by atoms with Gasteiger partial charge in [-0.2, -0.15) is 4.68 Å². The van der Waals surface area contributed by atoms with Crippen LogP contribution in [0.25, 0.3) is 5.69 Å². The Bertz CT molecular complexity index is 1160. The van der Waals surface area contributed by atoms with Crippen LogP contribution in [-0.2, 0) is 0 Å². The molecule has 0 fully saturated rings. The highest BCUT2D eigenvalue weighted by Gasteiger charge is 2.25. The number of hydrogen-bond donors (Lipinski definition) is 1. The summed E-state index contributed by atoms with van der Waals surface area (Å²) in [4.78, 5) is 38.3. The highest BCUT2D eigenvalue weighted by molar-refractivity contribution is 5.95. The van der Waals surface area contributed by atoms with Crippen molar-refractivity contribution < 1.29 is 23.8 Å². The molecule has 0 radical (unpaired) electrons. The second kappa shape index (κ2) is 8.55. The highest BCUT2D eigenvalue weighted by atomic mass is 19.1. The third-order valence-electron chi connectivity index (χ3n) is 4.23. The second-order valence-electron chi connectivity index (χ2n) is 6.17. The molecule has 0 aliphatic rings. The number of carbonyl (C=O) groups is 2. The first-order valence-corrected chi connectivity index (χ1v) is 8.92. The van der Waals surface area contributed by atoms with Crippen molar-refractivity contribution in [1.82, 2.24) is 19.8 Å². The zero-order valence-corrected chi connectivity index (χ0v) is 16.1. The van der Waals surface area contributed by atoms with E-state index in [1.165, 1.54) is 48.4 Å². The molecule has 11 heteroatoms. The summed E-state index contributed by atoms with van der Waals surface area (Å²) in [5.41, 5.74) is -1.03. The van der Waals surface area contributed by atoms with Crippen molar-refractivity contribution in [1.29, 1.82) is 0 Å². The quantitative estimate of drug-likeness (QED) is 0.613. The van der Waals surface area contributed by atoms with Gasteiger partial charge in [-0.1, -0.05) is 19.1 Å². The Balaban J connectivity index is 2.06. The Kier molecular flexibility index (Phi) is 5.90. The lowest BCUT2D eigenvalue weighted by molar-refractivity contribution is 0.0697. The summed E-state index contributed by atoms with van der Waals surface area (Å²) in [5.74, 6) is -1.90. The van der Waals surface area contributed by atoms with Gasteiger partial charge in [0.25, 0.3) is 0 Å². The van der Waals surface area contributed by atoms with E-state index < -0.39 is 23.5 Å². The first-order chi connectivity index (χ1) is 14.4. The van der Waals surface area contributed by atoms with Gasteiger partial charge in [-0.3, -0.25) is 4.90 Å². The molecule has 0 bridgehead atoms. The summed E-state index contributed by atoms with van der Waals surface area (Å²) in [5, 5.41) is 16.4. The number of para-hydroxylation sites is 1. The molecule has 0 saturated carbocycles. The van der Waals surface area contributed by atoms with Crippen LogP contribution in [0.5, 0.6) is 5.75 Å². The lowest BCUT2D eigenvalue weighted by Crippen LogP contribution is -2.41. The van der Waals surface area contributed by atoms with Crippen molar-refractivity contribution >= 4 is 17.7 Å². The predicted molar refractivity (Wildman–Crippen MR) is 104 cm³/mol. The molecule has 1 N–H and O–H groups in total. The molecule has 10 nitrogen and oxygen atoms in total. The normalized spacial score (nSPS) is 10.6. The minimum atomic E-state index is -1.16. The first kappa shape index (κ1) is 20.7. The molecule has 0 spiro atoms. The topological polar surface area (TPSA) is 120 Å². The lowest BCUT2D eigenvalue weighted by atomic mass is 10.2. The number of carboxylic acid groups (broad SMARTS) is 1. The molecule has 1 heterocycles. The zero-order chi connectivity index (χ0) is 21.8. The van der Waals surface area contributed by atoms with Gasteiger partial charge in [0.05, 0.1) is 12.7 Å². The average molecular weight is 415 g/mol. The molecule has 3 aromatic rings. The first-order valence-electron chi connectivity index (χ1n) is 8.92. The number of tetrazole rings is 1. The number of methoxy groups -OCH3 is 1. The van der Waals surface area contributed by atoms with E-state index in [9.17, 15) is 23.9 Å². The summed E-state index contributed by atoms with van der Waals surface area (Å²) in [6.07, 6.45) is 0.521. The number of carbonyl (C=O) groups excluding carboxylic acids is 1. The maximum atomic E-state index is 14.3. The van der Waals surface area contributed by atoms with Crippen molar-refractivity contribution in [2.24, 2.45) is 0 Å². The number of rotatable bonds is 6. The van der Waals surface area contributed by atoms with Crippen LogP contribution in [0, 0.1) is 5.82 Å². The SMILES string of the molecule is CCCN(C(=O)n1nnn(-c2c(F)cccc2OC)c1=O)c1cccc(C(=O)O)c1. The van der Waals surface area contributed by atoms with Crippen LogP contribution in [0.1, 0.15) is 23.7 Å². The van der Waals surface area contributed by atoms with Gasteiger partial charge in [0.2, 0.25) is 0 Å². The van der Waals surface area contributed by atoms with E-state index in [0.717, 1.165) is 6.07 Å². The average Bonchev–Trinajstić information content (AvgIpc) is 3.12. The van der Waals surface area contributed by atoms with Gasteiger partial charge >= 0.3 is 17.7 Å². The predicted octanol–water partition coefficient (Wildman–Crippen LogP) is 2.16. The van der Waals surface area contributed by atoms with Crippen molar-refractivity contribution in [3.63, 3.8) is 0 Å². The van der Waals surface area contributed by atoms with Gasteiger partial charge in [0.15, 0.2) is 5.82 Å². The summed E-state index contributed by atoms with van der Waals surface area (Å²) in [6, 6.07) is 8.81. The number of halogens is 1. The third kappa shape index (κ3) is 3.77. The number of amides is 1. The Morgan fingerprint density at radius 3 is 2.60 bits per heavy atom. The van der Waals surface area contributed by atoms with Crippen LogP contribution in [0.3, 0.4) is 0 Å². The van der Waals surface area contributed by atoms with E-state index in [0.29, 0.717) is 15.8 Å². The molecule has 0 saturated heterocycles. The van der Waals surface area contributed by atoms with Gasteiger partial charge < -0.3 is 9.84 Å². The number of aromatic nitrogens is 4. The lowest BCUT2D eigenvalue weighted by Gasteiger charge is -2.21. The molecule has 0 aliphatic carbocycles. The molecule has 30 heavy (non-hydrogen) atoms.